The third kappa shape index (κ3) is 3.31. The highest BCUT2D eigenvalue weighted by Gasteiger charge is 2.42. The second kappa shape index (κ2) is 7.61. The predicted octanol–water partition coefficient (Wildman–Crippen LogP) is 4.49. The van der Waals surface area contributed by atoms with Gasteiger partial charge in [-0.1, -0.05) is 54.8 Å². The van der Waals surface area contributed by atoms with Gasteiger partial charge in [-0.15, -0.1) is 0 Å². The molecule has 1 atom stereocenters. The van der Waals surface area contributed by atoms with Gasteiger partial charge in [0.1, 0.15) is 0 Å². The number of aliphatic hydroxyl groups excluding tert-OH is 1. The van der Waals surface area contributed by atoms with Crippen molar-refractivity contribution in [2.75, 3.05) is 6.54 Å². The van der Waals surface area contributed by atoms with Gasteiger partial charge in [0.25, 0.3) is 0 Å². The number of para-hydroxylation sites is 1. The highest BCUT2D eigenvalue weighted by molar-refractivity contribution is 6.30. The van der Waals surface area contributed by atoms with Crippen LogP contribution in [0, 0.1) is 0 Å². The lowest BCUT2D eigenvalue weighted by atomic mass is 9.78. The number of hydrogen-bond acceptors (Lipinski definition) is 2. The summed E-state index contributed by atoms with van der Waals surface area (Å²) in [4.78, 5) is 13.2. The van der Waals surface area contributed by atoms with Gasteiger partial charge in [0.2, 0.25) is 5.91 Å². The summed E-state index contributed by atoms with van der Waals surface area (Å²) in [5.74, 6) is -0.00777. The summed E-state index contributed by atoms with van der Waals surface area (Å²) in [5.41, 5.74) is 2.39. The quantitative estimate of drug-likeness (QED) is 0.667. The Bertz CT molecular complexity index is 988. The molecule has 0 saturated heterocycles. The van der Waals surface area contributed by atoms with Crippen molar-refractivity contribution in [3.05, 3.63) is 70.9 Å². The van der Waals surface area contributed by atoms with Gasteiger partial charge in [0.15, 0.2) is 0 Å². The number of hydrogen-bond donors (Lipinski definition) is 2. The number of rotatable bonds is 5. The first-order valence-corrected chi connectivity index (χ1v) is 10.2. The zero-order valence-electron chi connectivity index (χ0n) is 16.0. The minimum absolute atomic E-state index is 0.00777. The van der Waals surface area contributed by atoms with Crippen LogP contribution in [0.3, 0.4) is 0 Å². The Kier molecular flexibility index (Phi) is 5.17. The van der Waals surface area contributed by atoms with E-state index in [2.05, 4.69) is 5.32 Å². The third-order valence-electron chi connectivity index (χ3n) is 6.03. The van der Waals surface area contributed by atoms with Crippen molar-refractivity contribution in [1.82, 2.24) is 9.88 Å². The lowest BCUT2D eigenvalue weighted by Crippen LogP contribution is -2.44. The summed E-state index contributed by atoms with van der Waals surface area (Å²) >= 11 is 6.03. The highest BCUT2D eigenvalue weighted by Crippen LogP contribution is 2.41. The van der Waals surface area contributed by atoms with Crippen LogP contribution in [0.4, 0.5) is 0 Å². The highest BCUT2D eigenvalue weighted by atomic mass is 35.5. The van der Waals surface area contributed by atoms with E-state index in [4.69, 9.17) is 11.6 Å². The number of carbonyl (C=O) groups excluding carboxylic acids is 1. The Morgan fingerprint density at radius 2 is 1.86 bits per heavy atom. The van der Waals surface area contributed by atoms with Crippen molar-refractivity contribution in [2.45, 2.75) is 37.2 Å². The number of aryl methyl sites for hydroxylation is 1. The Labute approximate surface area is 170 Å². The molecule has 2 N–H and O–H groups in total. The van der Waals surface area contributed by atoms with E-state index >= 15 is 0 Å². The smallest absolute Gasteiger partial charge is 0.230 e. The van der Waals surface area contributed by atoms with Gasteiger partial charge in [-0.25, -0.2) is 0 Å². The van der Waals surface area contributed by atoms with Gasteiger partial charge < -0.3 is 15.0 Å². The molecule has 0 bridgehead atoms. The fourth-order valence-electron chi connectivity index (χ4n) is 4.50. The van der Waals surface area contributed by atoms with Crippen LogP contribution in [0.15, 0.2) is 54.7 Å². The molecular formula is C23H25ClN2O2. The monoisotopic (exact) mass is 396 g/mol. The number of aliphatic hydroxyl groups is 1. The number of carbonyl (C=O) groups is 1. The van der Waals surface area contributed by atoms with Gasteiger partial charge >= 0.3 is 0 Å². The average molecular weight is 397 g/mol. The fourth-order valence-corrected chi connectivity index (χ4v) is 4.63. The molecule has 1 aliphatic carbocycles. The summed E-state index contributed by atoms with van der Waals surface area (Å²) in [7, 11) is 1.96. The SMILES string of the molecule is Cn1cc([C@@H](O)CNC(=O)C2(c3ccc(Cl)cc3)CCCC2)c2ccccc21. The van der Waals surface area contributed by atoms with Crippen molar-refractivity contribution < 1.29 is 9.90 Å². The van der Waals surface area contributed by atoms with Gasteiger partial charge in [-0.2, -0.15) is 0 Å². The molecule has 0 radical (unpaired) electrons. The molecule has 3 aromatic rings. The Hall–Kier alpha value is -2.30. The van der Waals surface area contributed by atoms with Crippen molar-refractivity contribution in [3.63, 3.8) is 0 Å². The largest absolute Gasteiger partial charge is 0.386 e. The van der Waals surface area contributed by atoms with Crippen molar-refractivity contribution >= 4 is 28.4 Å². The average Bonchev–Trinajstić information content (AvgIpc) is 3.33. The Morgan fingerprint density at radius 3 is 2.57 bits per heavy atom. The number of nitrogens with zero attached hydrogens (tertiary/aromatic N) is 1. The van der Waals surface area contributed by atoms with E-state index in [0.29, 0.717) is 5.02 Å². The molecule has 0 unspecified atom stereocenters. The molecule has 1 saturated carbocycles. The van der Waals surface area contributed by atoms with E-state index in [9.17, 15) is 9.90 Å². The molecule has 1 heterocycles. The first kappa shape index (κ1) is 19.0. The molecule has 0 spiro atoms. The maximum atomic E-state index is 13.2. The van der Waals surface area contributed by atoms with E-state index in [1.54, 1.807) is 0 Å². The molecule has 2 aromatic carbocycles. The number of halogens is 1. The minimum Gasteiger partial charge on any atom is -0.386 e. The minimum atomic E-state index is -0.751. The van der Waals surface area contributed by atoms with Gasteiger partial charge in [0, 0.05) is 41.3 Å². The van der Waals surface area contributed by atoms with Crippen LogP contribution in [-0.4, -0.2) is 22.1 Å². The van der Waals surface area contributed by atoms with Crippen LogP contribution < -0.4 is 5.32 Å². The first-order chi connectivity index (χ1) is 13.5. The van der Waals surface area contributed by atoms with Gasteiger partial charge in [-0.3, -0.25) is 4.79 Å². The number of benzene rings is 2. The summed E-state index contributed by atoms with van der Waals surface area (Å²) < 4.78 is 2.00. The van der Waals surface area contributed by atoms with Crippen molar-refractivity contribution in [1.29, 1.82) is 0 Å². The Balaban J connectivity index is 1.53. The van der Waals surface area contributed by atoms with Gasteiger partial charge in [-0.05, 0) is 36.6 Å². The number of nitrogens with one attached hydrogen (secondary N) is 1. The summed E-state index contributed by atoms with van der Waals surface area (Å²) in [6.45, 7) is 0.197. The molecule has 146 valence electrons. The topological polar surface area (TPSA) is 54.3 Å². The van der Waals surface area contributed by atoms with Crippen LogP contribution in [-0.2, 0) is 17.3 Å². The molecular weight excluding hydrogens is 372 g/mol. The fraction of sp³-hybridized carbons (Fsp3) is 0.348. The van der Waals surface area contributed by atoms with Crippen LogP contribution in [0.1, 0.15) is 42.9 Å². The van der Waals surface area contributed by atoms with Crippen LogP contribution >= 0.6 is 11.6 Å². The molecule has 1 amide bonds. The predicted molar refractivity (Wildman–Crippen MR) is 112 cm³/mol. The lowest BCUT2D eigenvalue weighted by Gasteiger charge is -2.29. The molecule has 0 aliphatic heterocycles. The number of fused-ring (bicyclic) bond motifs is 1. The standard InChI is InChI=1S/C23H25ClN2O2/c1-26-15-19(18-6-2-3-7-20(18)26)21(27)14-25-22(28)23(12-4-5-13-23)16-8-10-17(24)11-9-16/h2-3,6-11,15,21,27H,4-5,12-14H2,1H3,(H,25,28)/t21-/m0/s1. The van der Waals surface area contributed by atoms with Gasteiger partial charge in [0.05, 0.1) is 11.5 Å². The molecule has 5 heteroatoms. The zero-order valence-corrected chi connectivity index (χ0v) is 16.7. The van der Waals surface area contributed by atoms with Crippen molar-refractivity contribution in [3.8, 4) is 0 Å². The second-order valence-electron chi connectivity index (χ2n) is 7.73. The second-order valence-corrected chi connectivity index (χ2v) is 8.17. The van der Waals surface area contributed by atoms with E-state index in [1.807, 2.05) is 66.3 Å². The van der Waals surface area contributed by atoms with Crippen LogP contribution in [0.2, 0.25) is 5.02 Å². The zero-order chi connectivity index (χ0) is 19.7. The third-order valence-corrected chi connectivity index (χ3v) is 6.28. The van der Waals surface area contributed by atoms with E-state index in [0.717, 1.165) is 47.7 Å². The first-order valence-electron chi connectivity index (χ1n) is 9.78. The van der Waals surface area contributed by atoms with Crippen LogP contribution in [0.5, 0.6) is 0 Å². The summed E-state index contributed by atoms with van der Waals surface area (Å²) in [6, 6.07) is 15.6. The van der Waals surface area contributed by atoms with Crippen molar-refractivity contribution in [2.24, 2.45) is 7.05 Å². The molecule has 4 nitrogen and oxygen atoms in total. The lowest BCUT2D eigenvalue weighted by molar-refractivity contribution is -0.127. The molecule has 4 rings (SSSR count). The normalized spacial score (nSPS) is 17.0. The summed E-state index contributed by atoms with van der Waals surface area (Å²) in [6.07, 6.45) is 4.89. The molecule has 1 aliphatic rings. The van der Waals surface area contributed by atoms with E-state index in [-0.39, 0.29) is 12.5 Å². The molecule has 1 aromatic heterocycles. The molecule has 1 fully saturated rings. The maximum absolute atomic E-state index is 13.2. The summed E-state index contributed by atoms with van der Waals surface area (Å²) in [5, 5.41) is 15.5. The number of amides is 1. The van der Waals surface area contributed by atoms with E-state index in [1.165, 1.54) is 0 Å². The van der Waals surface area contributed by atoms with Crippen LogP contribution in [0.25, 0.3) is 10.9 Å². The van der Waals surface area contributed by atoms with E-state index < -0.39 is 11.5 Å². The molecule has 28 heavy (non-hydrogen) atoms. The number of aromatic nitrogens is 1. The maximum Gasteiger partial charge on any atom is 0.230 e. The Morgan fingerprint density at radius 1 is 1.18 bits per heavy atom.